The minimum atomic E-state index is -1.75. The van der Waals surface area contributed by atoms with Crippen molar-refractivity contribution in [2.75, 3.05) is 6.61 Å². The summed E-state index contributed by atoms with van der Waals surface area (Å²) in [5.41, 5.74) is 7.49. The summed E-state index contributed by atoms with van der Waals surface area (Å²) in [5, 5.41) is 35.5. The Morgan fingerprint density at radius 1 is 0.897 bits per heavy atom. The van der Waals surface area contributed by atoms with Crippen LogP contribution in [0.3, 0.4) is 0 Å². The number of carboxylic acids is 2. The van der Waals surface area contributed by atoms with Crippen LogP contribution < -0.4 is 21.7 Å². The maximum absolute atomic E-state index is 13.4. The molecule has 0 saturated carbocycles. The quantitative estimate of drug-likeness (QED) is 0.108. The molecule has 4 unspecified atom stereocenters. The van der Waals surface area contributed by atoms with Crippen LogP contribution in [0.15, 0.2) is 43.0 Å². The summed E-state index contributed by atoms with van der Waals surface area (Å²) in [5.74, 6) is -5.59. The monoisotopic (exact) mass is 543 g/mol. The van der Waals surface area contributed by atoms with E-state index in [1.54, 1.807) is 12.3 Å². The van der Waals surface area contributed by atoms with Crippen molar-refractivity contribution < 1.29 is 39.3 Å². The first-order chi connectivity index (χ1) is 18.6. The Morgan fingerprint density at radius 2 is 1.54 bits per heavy atom. The lowest BCUT2D eigenvalue weighted by molar-refractivity contribution is -0.147. The fourth-order valence-corrected chi connectivity index (χ4v) is 3.84. The standard InChI is InChI=1S/C24H29N7O8/c25-15(10-32)21(35)29-17(5-12-8-27-16-4-2-1-3-14(12)16)22(36)30-18(6-13-9-26-11-28-13)23(37)31-19(24(38)39)7-20(33)34/h1-4,8-9,11,15,17-19,27,32H,5-7,10,25H2,(H,26,28)(H,29,35)(H,30,36)(H,31,37)(H,33,34)(H,38,39). The molecule has 4 atom stereocenters. The number of aliphatic hydroxyl groups excluding tert-OH is 1. The zero-order chi connectivity index (χ0) is 28.5. The van der Waals surface area contributed by atoms with Crippen molar-refractivity contribution in [3.05, 3.63) is 54.2 Å². The summed E-state index contributed by atoms with van der Waals surface area (Å²) < 4.78 is 0. The number of hydrogen-bond acceptors (Lipinski definition) is 8. The van der Waals surface area contributed by atoms with E-state index in [-0.39, 0.29) is 12.8 Å². The van der Waals surface area contributed by atoms with Crippen molar-refractivity contribution in [1.82, 2.24) is 30.9 Å². The number of nitrogens with one attached hydrogen (secondary N) is 5. The van der Waals surface area contributed by atoms with Gasteiger partial charge in [-0.15, -0.1) is 0 Å². The van der Waals surface area contributed by atoms with E-state index in [4.69, 9.17) is 10.8 Å². The van der Waals surface area contributed by atoms with Crippen LogP contribution in [0.25, 0.3) is 10.9 Å². The number of nitrogens with two attached hydrogens (primary N) is 1. The van der Waals surface area contributed by atoms with Crippen LogP contribution in [-0.4, -0.2) is 90.7 Å². The van der Waals surface area contributed by atoms with Gasteiger partial charge in [0.15, 0.2) is 0 Å². The van der Waals surface area contributed by atoms with E-state index in [0.29, 0.717) is 11.3 Å². The minimum Gasteiger partial charge on any atom is -0.481 e. The number of carbonyl (C=O) groups is 5. The number of nitrogens with zero attached hydrogens (tertiary/aromatic N) is 1. The maximum atomic E-state index is 13.4. The van der Waals surface area contributed by atoms with Gasteiger partial charge in [-0.1, -0.05) is 18.2 Å². The van der Waals surface area contributed by atoms with Gasteiger partial charge in [-0.25, -0.2) is 9.78 Å². The summed E-state index contributed by atoms with van der Waals surface area (Å²) in [6, 6.07) is 1.59. The number of benzene rings is 1. The van der Waals surface area contributed by atoms with Gasteiger partial charge >= 0.3 is 11.9 Å². The average Bonchev–Trinajstić information content (AvgIpc) is 3.56. The van der Waals surface area contributed by atoms with E-state index in [2.05, 4.69) is 30.9 Å². The molecule has 208 valence electrons. The van der Waals surface area contributed by atoms with Crippen LogP contribution in [0.5, 0.6) is 0 Å². The highest BCUT2D eigenvalue weighted by Gasteiger charge is 2.32. The second-order valence-corrected chi connectivity index (χ2v) is 8.75. The molecule has 0 fully saturated rings. The third kappa shape index (κ3) is 7.86. The Bertz CT molecular complexity index is 1320. The molecule has 0 saturated heterocycles. The zero-order valence-corrected chi connectivity index (χ0v) is 20.6. The number of para-hydroxylation sites is 1. The molecule has 15 nitrogen and oxygen atoms in total. The molecular formula is C24H29N7O8. The van der Waals surface area contributed by atoms with Crippen molar-refractivity contribution >= 4 is 40.6 Å². The van der Waals surface area contributed by atoms with Gasteiger partial charge < -0.3 is 47.0 Å². The van der Waals surface area contributed by atoms with Crippen LogP contribution in [0.4, 0.5) is 0 Å². The number of H-pyrrole nitrogens is 2. The number of imidazole rings is 1. The van der Waals surface area contributed by atoms with Gasteiger partial charge in [0.2, 0.25) is 17.7 Å². The number of fused-ring (bicyclic) bond motifs is 1. The van der Waals surface area contributed by atoms with Crippen molar-refractivity contribution in [3.63, 3.8) is 0 Å². The largest absolute Gasteiger partial charge is 0.481 e. The molecule has 39 heavy (non-hydrogen) atoms. The molecule has 0 aliphatic heterocycles. The normalized spacial score (nSPS) is 14.1. The molecule has 0 bridgehead atoms. The van der Waals surface area contributed by atoms with E-state index in [0.717, 1.165) is 10.9 Å². The Morgan fingerprint density at radius 3 is 2.15 bits per heavy atom. The minimum absolute atomic E-state index is 0.0190. The number of aromatic nitrogens is 3. The van der Waals surface area contributed by atoms with E-state index in [1.807, 2.05) is 18.2 Å². The number of aliphatic carboxylic acids is 2. The lowest BCUT2D eigenvalue weighted by Crippen LogP contribution is -2.58. The molecule has 0 spiro atoms. The highest BCUT2D eigenvalue weighted by atomic mass is 16.4. The number of aliphatic hydroxyl groups is 1. The molecule has 3 rings (SSSR count). The first-order valence-corrected chi connectivity index (χ1v) is 11.8. The number of hydrogen-bond donors (Lipinski definition) is 9. The summed E-state index contributed by atoms with van der Waals surface area (Å²) in [4.78, 5) is 71.2. The van der Waals surface area contributed by atoms with E-state index in [1.165, 1.54) is 12.5 Å². The fourth-order valence-electron chi connectivity index (χ4n) is 3.84. The zero-order valence-electron chi connectivity index (χ0n) is 20.6. The second-order valence-electron chi connectivity index (χ2n) is 8.75. The summed E-state index contributed by atoms with van der Waals surface area (Å²) in [7, 11) is 0. The molecule has 0 aliphatic carbocycles. The lowest BCUT2D eigenvalue weighted by Gasteiger charge is -2.24. The first-order valence-electron chi connectivity index (χ1n) is 11.8. The van der Waals surface area contributed by atoms with Gasteiger partial charge in [0.05, 0.1) is 19.4 Å². The Hall–Kier alpha value is -4.76. The van der Waals surface area contributed by atoms with Crippen molar-refractivity contribution in [2.24, 2.45) is 5.73 Å². The molecule has 2 heterocycles. The van der Waals surface area contributed by atoms with Gasteiger partial charge in [-0.05, 0) is 11.6 Å². The predicted molar refractivity (Wildman–Crippen MR) is 135 cm³/mol. The smallest absolute Gasteiger partial charge is 0.326 e. The molecule has 2 aromatic heterocycles. The predicted octanol–water partition coefficient (Wildman–Crippen LogP) is -1.99. The topological polar surface area (TPSA) is 253 Å². The SMILES string of the molecule is NC(CO)C(=O)NC(Cc1c[nH]c2ccccc12)C(=O)NC(Cc1cnc[nH]1)C(=O)NC(CC(=O)O)C(=O)O. The van der Waals surface area contributed by atoms with Gasteiger partial charge in [0.25, 0.3) is 0 Å². The molecule has 0 aliphatic rings. The molecule has 10 N–H and O–H groups in total. The number of amides is 3. The maximum Gasteiger partial charge on any atom is 0.326 e. The number of carboxylic acid groups (broad SMARTS) is 2. The number of carbonyl (C=O) groups excluding carboxylic acids is 3. The molecule has 3 aromatic rings. The summed E-state index contributed by atoms with van der Waals surface area (Å²) in [6.45, 7) is -0.668. The van der Waals surface area contributed by atoms with Gasteiger partial charge in [-0.3, -0.25) is 19.2 Å². The third-order valence-electron chi connectivity index (χ3n) is 5.87. The van der Waals surface area contributed by atoms with Gasteiger partial charge in [0, 0.05) is 41.8 Å². The van der Waals surface area contributed by atoms with Crippen molar-refractivity contribution in [1.29, 1.82) is 0 Å². The Labute approximate surface area is 221 Å². The molecule has 15 heteroatoms. The van der Waals surface area contributed by atoms with Crippen LogP contribution in [0.1, 0.15) is 17.7 Å². The van der Waals surface area contributed by atoms with Crippen LogP contribution in [0.2, 0.25) is 0 Å². The highest BCUT2D eigenvalue weighted by Crippen LogP contribution is 2.19. The third-order valence-corrected chi connectivity index (χ3v) is 5.87. The average molecular weight is 544 g/mol. The fraction of sp³-hybridized carbons (Fsp3) is 0.333. The van der Waals surface area contributed by atoms with Crippen molar-refractivity contribution in [3.8, 4) is 0 Å². The number of aromatic amines is 2. The Kier molecular flexibility index (Phi) is 9.72. The first kappa shape index (κ1) is 28.8. The lowest BCUT2D eigenvalue weighted by atomic mass is 10.0. The van der Waals surface area contributed by atoms with Crippen LogP contribution in [0, 0.1) is 0 Å². The summed E-state index contributed by atoms with van der Waals surface area (Å²) >= 11 is 0. The Balaban J connectivity index is 1.86. The molecular weight excluding hydrogens is 514 g/mol. The van der Waals surface area contributed by atoms with E-state index >= 15 is 0 Å². The van der Waals surface area contributed by atoms with E-state index < -0.39 is 66.9 Å². The highest BCUT2D eigenvalue weighted by molar-refractivity contribution is 5.95. The van der Waals surface area contributed by atoms with E-state index in [9.17, 15) is 34.2 Å². The van der Waals surface area contributed by atoms with Crippen LogP contribution in [-0.2, 0) is 36.8 Å². The van der Waals surface area contributed by atoms with Crippen molar-refractivity contribution in [2.45, 2.75) is 43.4 Å². The number of rotatable bonds is 14. The summed E-state index contributed by atoms with van der Waals surface area (Å²) in [6.07, 6.45) is 3.35. The molecule has 1 aromatic carbocycles. The van der Waals surface area contributed by atoms with Gasteiger partial charge in [-0.2, -0.15) is 0 Å². The van der Waals surface area contributed by atoms with Gasteiger partial charge in [0.1, 0.15) is 24.2 Å². The second kappa shape index (κ2) is 13.2. The van der Waals surface area contributed by atoms with Crippen LogP contribution >= 0.6 is 0 Å². The molecule has 0 radical (unpaired) electrons. The molecule has 3 amide bonds.